The molecule has 1 aliphatic rings. The fourth-order valence-electron chi connectivity index (χ4n) is 3.33. The van der Waals surface area contributed by atoms with E-state index >= 15 is 0 Å². The normalized spacial score (nSPS) is 17.8. The van der Waals surface area contributed by atoms with Gasteiger partial charge in [-0.15, -0.1) is 10.2 Å². The van der Waals surface area contributed by atoms with Crippen molar-refractivity contribution in [2.24, 2.45) is 11.8 Å². The molecule has 1 atom stereocenters. The monoisotopic (exact) mass is 318 g/mol. The zero-order valence-corrected chi connectivity index (χ0v) is 14.3. The predicted molar refractivity (Wildman–Crippen MR) is 88.5 cm³/mol. The summed E-state index contributed by atoms with van der Waals surface area (Å²) in [6.45, 7) is 6.82. The lowest BCUT2D eigenvalue weighted by molar-refractivity contribution is 0.337. The average molecular weight is 319 g/mol. The van der Waals surface area contributed by atoms with E-state index in [1.807, 2.05) is 10.7 Å². The lowest BCUT2D eigenvalue weighted by atomic mass is 9.80. The molecule has 0 aromatic carbocycles. The van der Waals surface area contributed by atoms with Crippen molar-refractivity contribution in [3.63, 3.8) is 0 Å². The summed E-state index contributed by atoms with van der Waals surface area (Å²) in [6.07, 6.45) is 5.62. The summed E-state index contributed by atoms with van der Waals surface area (Å²) < 4.78 is 2.00. The van der Waals surface area contributed by atoms with E-state index in [4.69, 9.17) is 16.7 Å². The smallest absolute Gasteiger partial charge is 0.176 e. The fourth-order valence-corrected chi connectivity index (χ4v) is 3.43. The van der Waals surface area contributed by atoms with Gasteiger partial charge in [-0.2, -0.15) is 5.10 Å². The molecule has 0 aliphatic heterocycles. The Morgan fingerprint density at radius 1 is 1.32 bits per heavy atom. The van der Waals surface area contributed by atoms with E-state index in [-0.39, 0.29) is 0 Å². The van der Waals surface area contributed by atoms with Gasteiger partial charge in [-0.25, -0.2) is 4.68 Å². The molecule has 0 saturated heterocycles. The number of aryl methyl sites for hydroxylation is 1. The third-order valence-electron chi connectivity index (χ3n) is 4.66. The van der Waals surface area contributed by atoms with E-state index < -0.39 is 0 Å². The molecular weight excluding hydrogens is 296 g/mol. The van der Waals surface area contributed by atoms with E-state index in [0.29, 0.717) is 11.1 Å². The van der Waals surface area contributed by atoms with Crippen molar-refractivity contribution in [1.82, 2.24) is 20.0 Å². The maximum absolute atomic E-state index is 5.86. The van der Waals surface area contributed by atoms with Crippen LogP contribution in [-0.2, 0) is 19.3 Å². The van der Waals surface area contributed by atoms with Crippen LogP contribution in [0.5, 0.6) is 0 Å². The summed E-state index contributed by atoms with van der Waals surface area (Å²) >= 11 is 5.86. The zero-order chi connectivity index (χ0) is 15.7. The molecule has 22 heavy (non-hydrogen) atoms. The van der Waals surface area contributed by atoms with E-state index in [0.717, 1.165) is 37.4 Å². The second-order valence-corrected chi connectivity index (χ2v) is 6.88. The molecule has 0 spiro atoms. The summed E-state index contributed by atoms with van der Waals surface area (Å²) in [5.74, 6) is 2.19. The lowest BCUT2D eigenvalue weighted by Gasteiger charge is -2.26. The highest BCUT2D eigenvalue weighted by Crippen LogP contribution is 2.33. The number of hydrogen-bond donors (Lipinski definition) is 0. The quantitative estimate of drug-likeness (QED) is 0.855. The highest BCUT2D eigenvalue weighted by Gasteiger charge is 2.28. The molecule has 0 saturated carbocycles. The first kappa shape index (κ1) is 15.5. The summed E-state index contributed by atoms with van der Waals surface area (Å²) in [7, 11) is 0. The number of aromatic nitrogens is 4. The van der Waals surface area contributed by atoms with E-state index in [1.54, 1.807) is 6.07 Å². The molecule has 2 aromatic heterocycles. The van der Waals surface area contributed by atoms with Gasteiger partial charge >= 0.3 is 0 Å². The number of nitrogens with zero attached hydrogens (tertiary/aromatic N) is 4. The first-order valence-corrected chi connectivity index (χ1v) is 8.57. The van der Waals surface area contributed by atoms with Gasteiger partial charge in [0.05, 0.1) is 5.69 Å². The van der Waals surface area contributed by atoms with Crippen LogP contribution >= 0.6 is 11.6 Å². The molecule has 0 fully saturated rings. The minimum Gasteiger partial charge on any atom is -0.217 e. The Labute approximate surface area is 136 Å². The number of halogens is 1. The van der Waals surface area contributed by atoms with E-state index in [9.17, 15) is 0 Å². The lowest BCUT2D eigenvalue weighted by Crippen LogP contribution is -2.21. The van der Waals surface area contributed by atoms with Crippen molar-refractivity contribution in [2.75, 3.05) is 0 Å². The molecule has 2 heterocycles. The summed E-state index contributed by atoms with van der Waals surface area (Å²) in [6, 6.07) is 3.68. The van der Waals surface area contributed by atoms with Gasteiger partial charge in [0.2, 0.25) is 0 Å². The summed E-state index contributed by atoms with van der Waals surface area (Å²) in [5.41, 5.74) is 4.00. The van der Waals surface area contributed by atoms with E-state index in [1.165, 1.54) is 23.4 Å². The zero-order valence-electron chi connectivity index (χ0n) is 13.5. The molecule has 0 radical (unpaired) electrons. The van der Waals surface area contributed by atoms with Crippen LogP contribution in [0.15, 0.2) is 12.1 Å². The molecule has 4 nitrogen and oxygen atoms in total. The first-order chi connectivity index (χ1) is 10.6. The molecule has 0 bridgehead atoms. The van der Waals surface area contributed by atoms with Crippen LogP contribution in [0.25, 0.3) is 5.82 Å². The predicted octanol–water partition coefficient (Wildman–Crippen LogP) is 4.03. The van der Waals surface area contributed by atoms with Crippen LogP contribution in [0, 0.1) is 11.8 Å². The van der Waals surface area contributed by atoms with Crippen LogP contribution in [0.4, 0.5) is 0 Å². The topological polar surface area (TPSA) is 43.6 Å². The Balaban J connectivity index is 2.04. The highest BCUT2D eigenvalue weighted by molar-refractivity contribution is 6.29. The van der Waals surface area contributed by atoms with Crippen molar-refractivity contribution >= 4 is 11.6 Å². The van der Waals surface area contributed by atoms with Crippen molar-refractivity contribution < 1.29 is 0 Å². The minimum absolute atomic E-state index is 0.415. The molecule has 0 N–H and O–H groups in total. The van der Waals surface area contributed by atoms with Gasteiger partial charge < -0.3 is 0 Å². The first-order valence-electron chi connectivity index (χ1n) is 8.19. The van der Waals surface area contributed by atoms with Gasteiger partial charge in [0.15, 0.2) is 11.0 Å². The molecule has 5 heteroatoms. The van der Waals surface area contributed by atoms with Gasteiger partial charge in [-0.05, 0) is 55.2 Å². The van der Waals surface area contributed by atoms with Crippen LogP contribution in [0.2, 0.25) is 5.15 Å². The largest absolute Gasteiger partial charge is 0.217 e. The summed E-state index contributed by atoms with van der Waals surface area (Å²) in [4.78, 5) is 0. The minimum atomic E-state index is 0.415. The average Bonchev–Trinajstić information content (AvgIpc) is 2.86. The second kappa shape index (κ2) is 6.37. The van der Waals surface area contributed by atoms with Crippen molar-refractivity contribution in [2.45, 2.75) is 52.9 Å². The molecule has 0 amide bonds. The van der Waals surface area contributed by atoms with Gasteiger partial charge in [0, 0.05) is 5.69 Å². The standard InChI is InChI=1S/C17H23ClN4/c1-4-5-14-13-7-6-12(11(2)3)10-15(13)22(21-14)17-9-8-16(18)19-20-17/h8-9,11-12H,4-7,10H2,1-3H3. The van der Waals surface area contributed by atoms with Crippen LogP contribution in [0.1, 0.15) is 50.6 Å². The molecule has 1 aliphatic carbocycles. The third kappa shape index (κ3) is 2.89. The van der Waals surface area contributed by atoms with Gasteiger partial charge in [0.25, 0.3) is 0 Å². The van der Waals surface area contributed by atoms with E-state index in [2.05, 4.69) is 31.0 Å². The van der Waals surface area contributed by atoms with Gasteiger partial charge in [-0.3, -0.25) is 0 Å². The molecule has 2 aromatic rings. The van der Waals surface area contributed by atoms with Crippen molar-refractivity contribution in [3.8, 4) is 5.82 Å². The summed E-state index contributed by atoms with van der Waals surface area (Å²) in [5, 5.41) is 13.4. The van der Waals surface area contributed by atoms with Gasteiger partial charge in [0.1, 0.15) is 0 Å². The van der Waals surface area contributed by atoms with Crippen LogP contribution < -0.4 is 0 Å². The molecule has 1 unspecified atom stereocenters. The molecular formula is C17H23ClN4. The maximum atomic E-state index is 5.86. The fraction of sp³-hybridized carbons (Fsp3) is 0.588. The number of hydrogen-bond acceptors (Lipinski definition) is 3. The number of rotatable bonds is 4. The Morgan fingerprint density at radius 2 is 2.14 bits per heavy atom. The Morgan fingerprint density at radius 3 is 2.77 bits per heavy atom. The SMILES string of the molecule is CCCc1nn(-c2ccc(Cl)nn2)c2c1CCC(C(C)C)C2. The van der Waals surface area contributed by atoms with Crippen LogP contribution in [-0.4, -0.2) is 20.0 Å². The second-order valence-electron chi connectivity index (χ2n) is 6.49. The molecule has 3 rings (SSSR count). The Bertz CT molecular complexity index is 645. The molecule has 118 valence electrons. The Kier molecular flexibility index (Phi) is 4.48. The highest BCUT2D eigenvalue weighted by atomic mass is 35.5. The van der Waals surface area contributed by atoms with Crippen LogP contribution in [0.3, 0.4) is 0 Å². The number of fused-ring (bicyclic) bond motifs is 1. The van der Waals surface area contributed by atoms with Crippen molar-refractivity contribution in [1.29, 1.82) is 0 Å². The van der Waals surface area contributed by atoms with Gasteiger partial charge in [-0.1, -0.05) is 38.8 Å². The van der Waals surface area contributed by atoms with Crippen molar-refractivity contribution in [3.05, 3.63) is 34.2 Å². The third-order valence-corrected chi connectivity index (χ3v) is 4.86. The Hall–Kier alpha value is -1.42. The maximum Gasteiger partial charge on any atom is 0.176 e.